The van der Waals surface area contributed by atoms with Crippen LogP contribution in [0.5, 0.6) is 0 Å². The van der Waals surface area contributed by atoms with Crippen molar-refractivity contribution < 1.29 is 0 Å². The summed E-state index contributed by atoms with van der Waals surface area (Å²) in [5.74, 6) is 0.694. The molecule has 6 nitrogen and oxygen atoms in total. The van der Waals surface area contributed by atoms with Crippen LogP contribution in [0.4, 0.5) is 0 Å². The summed E-state index contributed by atoms with van der Waals surface area (Å²) in [4.78, 5) is 15.5. The van der Waals surface area contributed by atoms with Gasteiger partial charge in [-0.05, 0) is 29.5 Å². The fraction of sp³-hybridized carbons (Fsp3) is 0.286. The van der Waals surface area contributed by atoms with Crippen LogP contribution >= 0.6 is 0 Å². The summed E-state index contributed by atoms with van der Waals surface area (Å²) in [6.07, 6.45) is 0. The molecule has 0 unspecified atom stereocenters. The molecule has 0 radical (unpaired) electrons. The number of aromatic amines is 1. The van der Waals surface area contributed by atoms with Gasteiger partial charge < -0.3 is 4.98 Å². The molecular formula is C14H15N5O. The van der Waals surface area contributed by atoms with Crippen molar-refractivity contribution in [1.82, 2.24) is 25.2 Å². The average Bonchev–Trinajstić information content (AvgIpc) is 2.87. The van der Waals surface area contributed by atoms with Gasteiger partial charge >= 0.3 is 0 Å². The number of tetrazole rings is 1. The third-order valence-electron chi connectivity index (χ3n) is 3.02. The SMILES string of the molecule is CC(C)(C)c1nnn(-c2ccc3[nH]c(=O)ccc3c2)n1. The summed E-state index contributed by atoms with van der Waals surface area (Å²) in [7, 11) is 0. The number of hydrogen-bond acceptors (Lipinski definition) is 4. The van der Waals surface area contributed by atoms with Gasteiger partial charge in [-0.1, -0.05) is 20.8 Å². The van der Waals surface area contributed by atoms with Crippen molar-refractivity contribution in [2.24, 2.45) is 0 Å². The van der Waals surface area contributed by atoms with E-state index in [1.54, 1.807) is 6.07 Å². The van der Waals surface area contributed by atoms with E-state index in [0.717, 1.165) is 16.6 Å². The highest BCUT2D eigenvalue weighted by atomic mass is 16.1. The van der Waals surface area contributed by atoms with Gasteiger partial charge in [-0.3, -0.25) is 4.79 Å². The maximum absolute atomic E-state index is 11.3. The Hall–Kier alpha value is -2.50. The summed E-state index contributed by atoms with van der Waals surface area (Å²) in [5, 5.41) is 13.5. The molecule has 0 saturated carbocycles. The fourth-order valence-electron chi connectivity index (χ4n) is 1.89. The smallest absolute Gasteiger partial charge is 0.248 e. The Morgan fingerprint density at radius 1 is 1.15 bits per heavy atom. The number of benzene rings is 1. The normalized spacial score (nSPS) is 11.9. The van der Waals surface area contributed by atoms with Crippen molar-refractivity contribution in [3.63, 3.8) is 0 Å². The van der Waals surface area contributed by atoms with Gasteiger partial charge in [0.05, 0.1) is 5.69 Å². The third-order valence-corrected chi connectivity index (χ3v) is 3.02. The lowest BCUT2D eigenvalue weighted by Crippen LogP contribution is -2.14. The molecule has 1 N–H and O–H groups in total. The lowest BCUT2D eigenvalue weighted by atomic mass is 9.96. The highest BCUT2D eigenvalue weighted by Crippen LogP contribution is 2.18. The minimum Gasteiger partial charge on any atom is -0.322 e. The van der Waals surface area contributed by atoms with E-state index in [0.29, 0.717) is 5.82 Å². The molecule has 0 aliphatic carbocycles. The second kappa shape index (κ2) is 4.26. The second-order valence-corrected chi connectivity index (χ2v) is 5.75. The van der Waals surface area contributed by atoms with Crippen molar-refractivity contribution >= 4 is 10.9 Å². The largest absolute Gasteiger partial charge is 0.322 e. The van der Waals surface area contributed by atoms with Crippen LogP contribution in [0, 0.1) is 0 Å². The summed E-state index contributed by atoms with van der Waals surface area (Å²) >= 11 is 0. The quantitative estimate of drug-likeness (QED) is 0.730. The van der Waals surface area contributed by atoms with Crippen LogP contribution in [0.2, 0.25) is 0 Å². The first-order valence-corrected chi connectivity index (χ1v) is 6.37. The Kier molecular flexibility index (Phi) is 2.67. The molecule has 1 aromatic carbocycles. The molecule has 102 valence electrons. The monoisotopic (exact) mass is 269 g/mol. The lowest BCUT2D eigenvalue weighted by molar-refractivity contribution is 0.543. The Morgan fingerprint density at radius 3 is 2.65 bits per heavy atom. The zero-order chi connectivity index (χ0) is 14.3. The third kappa shape index (κ3) is 2.20. The van der Waals surface area contributed by atoms with Gasteiger partial charge in [0.2, 0.25) is 5.56 Å². The molecule has 0 amide bonds. The zero-order valence-electron chi connectivity index (χ0n) is 11.6. The molecule has 0 spiro atoms. The predicted octanol–water partition coefficient (Wildman–Crippen LogP) is 1.80. The first kappa shape index (κ1) is 12.5. The number of rotatable bonds is 1. The highest BCUT2D eigenvalue weighted by molar-refractivity contribution is 5.80. The van der Waals surface area contributed by atoms with E-state index in [2.05, 4.69) is 20.4 Å². The second-order valence-electron chi connectivity index (χ2n) is 5.75. The highest BCUT2D eigenvalue weighted by Gasteiger charge is 2.20. The van der Waals surface area contributed by atoms with E-state index in [1.807, 2.05) is 39.0 Å². The molecule has 0 atom stereocenters. The van der Waals surface area contributed by atoms with E-state index >= 15 is 0 Å². The van der Waals surface area contributed by atoms with E-state index < -0.39 is 0 Å². The van der Waals surface area contributed by atoms with Crippen molar-refractivity contribution in [2.45, 2.75) is 26.2 Å². The van der Waals surface area contributed by atoms with E-state index in [9.17, 15) is 4.79 Å². The Bertz CT molecular complexity index is 825. The van der Waals surface area contributed by atoms with Gasteiger partial charge in [0.15, 0.2) is 5.82 Å². The molecule has 3 rings (SSSR count). The summed E-state index contributed by atoms with van der Waals surface area (Å²) in [6, 6.07) is 8.89. The van der Waals surface area contributed by atoms with E-state index in [1.165, 1.54) is 10.9 Å². The number of nitrogens with one attached hydrogen (secondary N) is 1. The van der Waals surface area contributed by atoms with Gasteiger partial charge in [0.1, 0.15) is 0 Å². The van der Waals surface area contributed by atoms with Gasteiger partial charge in [-0.2, -0.15) is 0 Å². The number of nitrogens with zero attached hydrogens (tertiary/aromatic N) is 4. The maximum Gasteiger partial charge on any atom is 0.248 e. The minimum absolute atomic E-state index is 0.112. The van der Waals surface area contributed by atoms with Crippen molar-refractivity contribution in [2.75, 3.05) is 0 Å². The van der Waals surface area contributed by atoms with Crippen LogP contribution in [0.15, 0.2) is 35.1 Å². The number of H-pyrrole nitrogens is 1. The zero-order valence-corrected chi connectivity index (χ0v) is 11.6. The molecule has 0 bridgehead atoms. The molecule has 0 saturated heterocycles. The Labute approximate surface area is 115 Å². The van der Waals surface area contributed by atoms with Gasteiger partial charge in [0, 0.05) is 22.4 Å². The van der Waals surface area contributed by atoms with Crippen LogP contribution in [0.25, 0.3) is 16.6 Å². The number of fused-ring (bicyclic) bond motifs is 1. The Balaban J connectivity index is 2.08. The first-order valence-electron chi connectivity index (χ1n) is 6.37. The van der Waals surface area contributed by atoms with E-state index in [-0.39, 0.29) is 11.0 Å². The summed E-state index contributed by atoms with van der Waals surface area (Å²) < 4.78 is 0. The molecule has 0 aliphatic rings. The van der Waals surface area contributed by atoms with Crippen molar-refractivity contribution in [1.29, 1.82) is 0 Å². The average molecular weight is 269 g/mol. The maximum atomic E-state index is 11.3. The molecule has 0 aliphatic heterocycles. The van der Waals surface area contributed by atoms with Crippen molar-refractivity contribution in [3.8, 4) is 5.69 Å². The summed E-state index contributed by atoms with van der Waals surface area (Å²) in [5.41, 5.74) is 1.35. The Morgan fingerprint density at radius 2 is 1.95 bits per heavy atom. The van der Waals surface area contributed by atoms with Crippen molar-refractivity contribution in [3.05, 3.63) is 46.5 Å². The molecule has 20 heavy (non-hydrogen) atoms. The van der Waals surface area contributed by atoms with E-state index in [4.69, 9.17) is 0 Å². The van der Waals surface area contributed by atoms with Crippen LogP contribution in [0.1, 0.15) is 26.6 Å². The van der Waals surface area contributed by atoms with Gasteiger partial charge in [0.25, 0.3) is 0 Å². The summed E-state index contributed by atoms with van der Waals surface area (Å²) in [6.45, 7) is 6.12. The molecule has 3 aromatic rings. The molecule has 6 heteroatoms. The predicted molar refractivity (Wildman–Crippen MR) is 76.0 cm³/mol. The first-order chi connectivity index (χ1) is 9.43. The number of pyridine rings is 1. The topological polar surface area (TPSA) is 76.5 Å². The van der Waals surface area contributed by atoms with Crippen LogP contribution in [-0.2, 0) is 5.41 Å². The molecule has 0 fully saturated rings. The fourth-order valence-corrected chi connectivity index (χ4v) is 1.89. The van der Waals surface area contributed by atoms with Crippen LogP contribution in [-0.4, -0.2) is 25.2 Å². The molecular weight excluding hydrogens is 254 g/mol. The van der Waals surface area contributed by atoms with Crippen LogP contribution < -0.4 is 5.56 Å². The van der Waals surface area contributed by atoms with Crippen LogP contribution in [0.3, 0.4) is 0 Å². The minimum atomic E-state index is -0.139. The molecule has 2 aromatic heterocycles. The molecule has 2 heterocycles. The van der Waals surface area contributed by atoms with Gasteiger partial charge in [-0.15, -0.1) is 15.0 Å². The number of aromatic nitrogens is 5. The standard InChI is InChI=1S/C14H15N5O/c1-14(2,3)13-16-18-19(17-13)10-5-6-11-9(8-10)4-7-12(20)15-11/h4-8H,1-3H3,(H,15,20). The lowest BCUT2D eigenvalue weighted by Gasteiger charge is -2.11. The number of hydrogen-bond donors (Lipinski definition) is 1. The van der Waals surface area contributed by atoms with Gasteiger partial charge in [-0.25, -0.2) is 0 Å².